The van der Waals surface area contributed by atoms with Gasteiger partial charge in [0.15, 0.2) is 17.9 Å². The highest BCUT2D eigenvalue weighted by atomic mass is 79.9. The summed E-state index contributed by atoms with van der Waals surface area (Å²) in [5.74, 6) is -2.09. The Bertz CT molecular complexity index is 3740. The number of carbonyl (C=O) groups is 4. The summed E-state index contributed by atoms with van der Waals surface area (Å²) in [4.78, 5) is 70.8. The molecule has 0 unspecified atom stereocenters. The maximum absolute atomic E-state index is 14.0. The number of nitrogens with zero attached hydrogens (tertiary/aromatic N) is 8. The van der Waals surface area contributed by atoms with Gasteiger partial charge in [-0.3, -0.25) is 39.1 Å². The monoisotopic (exact) mass is 1390 g/mol. The Kier molecular flexibility index (Phi) is 15.3. The van der Waals surface area contributed by atoms with Crippen LogP contribution in [0.3, 0.4) is 0 Å². The number of rotatable bonds is 6. The van der Waals surface area contributed by atoms with Gasteiger partial charge in [-0.05, 0) is 93.7 Å². The maximum Gasteiger partial charge on any atom is 0.240 e. The standard InChI is InChI=1S/C20H21BrFN3O3.C17H17BrFN3O3.C14H11BrFN3O.C6H10O3.34H2/c1-19(2)27-8-11(28-19)7-25-9-20(10-25)17-12-4-13(21)14(22)5-15(12)23-6-16(17)24(3)18(20)26;1-21-14-4-20-13-3-12(19)11(18)2-10(13)15(14)17(16(21)25)7-22(8-17)5-9(24)6-23;1-19-11-4-18-10-3-9(16)8(15)2-7(10)12(11)14(13(19)20)5-17-6-14;1-6(2)8-4-5(3-7)9-6;;;;;;;;;;;;;;;;;;;;;;;;;;;;;;;;;;/h4-6,11H,7-10H2,1-3H3;2-4,9,23-24H,5-8H2,1H3;2-4,17H,5-6H2,1H3;3,5H,4H2,1-2H3;34*1H/t11-;9-;;5-;;;;;;;;;;;;;;;;;;;;;;;;;;;;;;;;;;/m11.1................................../s1/i;;;;1+1;;;;;;;;;;;;;;;;;;;;;;;;;;;;;;;;;. The summed E-state index contributed by atoms with van der Waals surface area (Å²) in [6.07, 6.45) is 4.52. The zero-order chi connectivity index (χ0) is 58.7. The van der Waals surface area contributed by atoms with Gasteiger partial charge in [0.1, 0.15) is 39.8 Å². The molecule has 0 saturated carbocycles. The van der Waals surface area contributed by atoms with E-state index in [-0.39, 0.29) is 96.7 Å². The lowest BCUT2D eigenvalue weighted by Gasteiger charge is -2.47. The van der Waals surface area contributed by atoms with Crippen molar-refractivity contribution in [2.24, 2.45) is 0 Å². The molecule has 3 aromatic heterocycles. The van der Waals surface area contributed by atoms with Gasteiger partial charge in [0.05, 0.1) is 97.6 Å². The quantitative estimate of drug-likeness (QED) is 0.132. The van der Waals surface area contributed by atoms with Crippen LogP contribution in [0, 0.1) is 17.5 Å². The summed E-state index contributed by atoms with van der Waals surface area (Å²) in [7, 11) is 5.26. The molecule has 11 heterocycles. The van der Waals surface area contributed by atoms with Gasteiger partial charge in [0.2, 0.25) is 17.7 Å². The number of likely N-dealkylation sites (N-methyl/N-ethyl adjacent to an activating group) is 3. The van der Waals surface area contributed by atoms with E-state index in [2.05, 4.69) is 73.0 Å². The van der Waals surface area contributed by atoms with Crippen molar-refractivity contribution < 1.29 is 110 Å². The van der Waals surface area contributed by atoms with E-state index < -0.39 is 39.7 Å². The minimum atomic E-state index is -0.830. The lowest BCUT2D eigenvalue weighted by molar-refractivity contribution is -0.145. The number of ether oxygens (including phenoxy) is 4. The van der Waals surface area contributed by atoms with Crippen LogP contribution in [0.2, 0.25) is 0 Å². The van der Waals surface area contributed by atoms with Gasteiger partial charge in [0, 0.05) is 173 Å². The number of aldehydes is 1. The number of fused-ring (bicyclic) bond motifs is 12. The molecule has 3 aromatic carbocycles. The van der Waals surface area contributed by atoms with E-state index in [0.717, 1.165) is 62.7 Å². The molecule has 0 radical (unpaired) electrons. The van der Waals surface area contributed by atoms with Crippen LogP contribution in [0.25, 0.3) is 32.7 Å². The number of carbonyl (C=O) groups excluding carboxylic acids is 4. The van der Waals surface area contributed by atoms with Crippen LogP contribution in [-0.4, -0.2) is 182 Å². The minimum absolute atomic E-state index is 0. The van der Waals surface area contributed by atoms with Crippen LogP contribution in [0.5, 0.6) is 0 Å². The number of hydrogen-bond acceptors (Lipinski definition) is 16. The Balaban J connectivity index is -0.0000000416. The van der Waals surface area contributed by atoms with E-state index in [0.29, 0.717) is 89.0 Å². The van der Waals surface area contributed by atoms with Crippen LogP contribution >= 0.6 is 47.8 Å². The van der Waals surface area contributed by atoms with Gasteiger partial charge >= 0.3 is 0 Å². The third-order valence-corrected chi connectivity index (χ3v) is 18.4. The molecule has 502 valence electrons. The molecule has 8 aliphatic rings. The first kappa shape index (κ1) is 58.6. The molecule has 19 nitrogen and oxygen atoms in total. The number of pyridine rings is 3. The van der Waals surface area contributed by atoms with Gasteiger partial charge in [-0.1, -0.05) is 0 Å². The molecule has 0 aliphatic carbocycles. The van der Waals surface area contributed by atoms with Crippen molar-refractivity contribution in [3.05, 3.63) is 103 Å². The number of amides is 3. The third kappa shape index (κ3) is 9.82. The van der Waals surface area contributed by atoms with Crippen LogP contribution in [0.1, 0.15) is 92.9 Å². The number of aliphatic hydroxyl groups is 2. The summed E-state index contributed by atoms with van der Waals surface area (Å²) in [6.45, 7) is 12.4. The molecular formula is C57H127Br3F3N9O10. The molecule has 5 saturated heterocycles. The molecule has 25 heteroatoms. The van der Waals surface area contributed by atoms with Gasteiger partial charge < -0.3 is 54.0 Å². The Labute approximate surface area is 545 Å². The van der Waals surface area contributed by atoms with E-state index >= 15 is 0 Å². The van der Waals surface area contributed by atoms with Crippen molar-refractivity contribution in [3.8, 4) is 0 Å². The molecule has 8 aliphatic heterocycles. The fraction of sp³-hybridized carbons (Fsp3) is 0.456. The zero-order valence-corrected chi connectivity index (χ0v) is 50.5. The maximum atomic E-state index is 14.0. The van der Waals surface area contributed by atoms with Crippen LogP contribution in [-0.2, 0) is 54.4 Å². The first-order valence-electron chi connectivity index (χ1n) is 26.5. The average Bonchev–Trinajstić information content (AvgIpc) is 1.54. The summed E-state index contributed by atoms with van der Waals surface area (Å²) in [6, 6.07) is 9.32. The number of aliphatic hydroxyl groups excluding tert-OH is 2. The first-order chi connectivity index (χ1) is 38.8. The second-order valence-corrected chi connectivity index (χ2v) is 25.5. The Hall–Kier alpha value is -5.16. The fourth-order valence-corrected chi connectivity index (χ4v) is 13.7. The Morgan fingerprint density at radius 1 is 0.659 bits per heavy atom. The van der Waals surface area contributed by atoms with Crippen molar-refractivity contribution in [3.63, 3.8) is 0 Å². The molecule has 14 rings (SSSR count). The second kappa shape index (κ2) is 21.4. The number of halogens is 6. The molecule has 3 spiro atoms. The number of β-amino-alcohol motifs (C(OH)–C–C–N with tert-alkyl or cyclic N) is 1. The molecule has 82 heavy (non-hydrogen) atoms. The SMILES string of the molecule is CC1(C)OC[C@@H](C=O)O1.CN1C(=O)C2(CN(C[C@@H](O)CO)C2)c2c1cnc1cc(F)c(Br)cc21.CN1C(=O)C2(CN(C[C@@H]3COC(C)(C)O3)C2)c2c1cnc1cc(F)c(Br)cc21.CN1C(=O)C2(CNC2)c2c1cnc1cc(F)c(Br)cc21.[2HH].[HH].[HH].[HH].[HH].[HH].[HH].[HH].[HH].[HH].[HH].[HH].[HH].[HH].[HH].[HH].[HH].[HH].[HH].[HH].[HH].[HH].[HH].[HH].[HH].[HH].[HH].[HH].[HH].[HH].[HH].[HH].[HH].[HH]. The summed E-state index contributed by atoms with van der Waals surface area (Å²) in [5, 5.41) is 24.2. The number of nitrogens with one attached hydrogen (secondary N) is 1. The molecule has 0 bridgehead atoms. The Morgan fingerprint density at radius 3 is 1.39 bits per heavy atom. The lowest BCUT2D eigenvalue weighted by atomic mass is 9.73. The van der Waals surface area contributed by atoms with Crippen LogP contribution in [0.15, 0.2) is 68.4 Å². The third-order valence-electron chi connectivity index (χ3n) is 16.6. The molecule has 3 amide bonds. The predicted octanol–water partition coefficient (Wildman–Crippen LogP) is 14.5. The molecule has 6 aromatic rings. The van der Waals surface area contributed by atoms with Crippen LogP contribution < -0.4 is 20.0 Å². The molecule has 3 atom stereocenters. The van der Waals surface area contributed by atoms with Gasteiger partial charge in [0.25, 0.3) is 0 Å². The molecule has 3 N–H and O–H groups in total. The molecular weight excluding hydrogens is 1270 g/mol. The van der Waals surface area contributed by atoms with E-state index in [1.807, 2.05) is 18.7 Å². The highest BCUT2D eigenvalue weighted by Crippen LogP contribution is 2.52. The topological polar surface area (TPSA) is 213 Å². The number of aromatic nitrogens is 3. The van der Waals surface area contributed by atoms with E-state index in [4.69, 9.17) is 24.1 Å². The number of benzene rings is 3. The summed E-state index contributed by atoms with van der Waals surface area (Å²) >= 11 is 9.70. The largest absolute Gasteiger partial charge is 0.394 e. The summed E-state index contributed by atoms with van der Waals surface area (Å²) < 4.78 is 64.4. The zero-order valence-electron chi connectivity index (χ0n) is 45.8. The van der Waals surface area contributed by atoms with Crippen molar-refractivity contribution in [1.82, 2.24) is 30.1 Å². The average molecular weight is 1400 g/mol. The van der Waals surface area contributed by atoms with Gasteiger partial charge in [-0.15, -0.1) is 0 Å². The van der Waals surface area contributed by atoms with Crippen molar-refractivity contribution in [2.45, 2.75) is 73.8 Å². The smallest absolute Gasteiger partial charge is 0.240 e. The van der Waals surface area contributed by atoms with Crippen molar-refractivity contribution in [1.29, 1.82) is 0 Å². The van der Waals surface area contributed by atoms with Crippen molar-refractivity contribution in [2.75, 3.05) is 108 Å². The Morgan fingerprint density at radius 2 is 1.05 bits per heavy atom. The minimum Gasteiger partial charge on any atom is -0.394 e. The second-order valence-electron chi connectivity index (χ2n) is 23.0. The lowest BCUT2D eigenvalue weighted by Crippen LogP contribution is -2.64. The van der Waals surface area contributed by atoms with Crippen LogP contribution in [0.4, 0.5) is 30.2 Å². The summed E-state index contributed by atoms with van der Waals surface area (Å²) in [5.41, 5.74) is 4.96. The van der Waals surface area contributed by atoms with E-state index in [1.54, 1.807) is 86.5 Å². The highest BCUT2D eigenvalue weighted by Gasteiger charge is 2.60. The van der Waals surface area contributed by atoms with Gasteiger partial charge in [-0.25, -0.2) is 13.2 Å². The number of hydrogen-bond donors (Lipinski definition) is 3. The van der Waals surface area contributed by atoms with Crippen molar-refractivity contribution >= 4 is 122 Å². The van der Waals surface area contributed by atoms with Gasteiger partial charge in [-0.2, -0.15) is 0 Å². The number of likely N-dealkylation sites (tertiary alicyclic amines) is 2. The molecule has 5 fully saturated rings. The van der Waals surface area contributed by atoms with E-state index in [9.17, 15) is 37.5 Å². The number of anilines is 3. The fourth-order valence-electron chi connectivity index (χ4n) is 12.7. The van der Waals surface area contributed by atoms with E-state index in [1.165, 1.54) is 18.2 Å². The first-order valence-corrected chi connectivity index (χ1v) is 28.9. The normalized spacial score (nSPS) is 23.2. The highest BCUT2D eigenvalue weighted by molar-refractivity contribution is 9.11. The predicted molar refractivity (Wildman–Crippen MR) is 380 cm³/mol.